The Labute approximate surface area is 103 Å². The van der Waals surface area contributed by atoms with Crippen LogP contribution in [-0.4, -0.2) is 30.8 Å². The smallest absolute Gasteiger partial charge is 0.404 e. The third-order valence-corrected chi connectivity index (χ3v) is 4.71. The minimum Gasteiger partial charge on any atom is -0.465 e. The van der Waals surface area contributed by atoms with E-state index < -0.39 is 6.09 Å². The van der Waals surface area contributed by atoms with Crippen molar-refractivity contribution < 1.29 is 9.90 Å². The molecule has 0 spiro atoms. The van der Waals surface area contributed by atoms with E-state index in [-0.39, 0.29) is 6.04 Å². The molecule has 3 aliphatic carbocycles. The molecule has 17 heavy (non-hydrogen) atoms. The summed E-state index contributed by atoms with van der Waals surface area (Å²) < 4.78 is 0. The normalized spacial score (nSPS) is 33.4. The van der Waals surface area contributed by atoms with E-state index in [1.807, 2.05) is 7.05 Å². The van der Waals surface area contributed by atoms with Gasteiger partial charge in [0.25, 0.3) is 0 Å². The highest BCUT2D eigenvalue weighted by Gasteiger charge is 2.41. The Bertz CT molecular complexity index is 259. The van der Waals surface area contributed by atoms with Crippen molar-refractivity contribution in [3.05, 3.63) is 0 Å². The Morgan fingerprint density at radius 1 is 1.35 bits per heavy atom. The van der Waals surface area contributed by atoms with Gasteiger partial charge in [-0.2, -0.15) is 0 Å². The molecule has 0 aromatic heterocycles. The van der Waals surface area contributed by atoms with E-state index in [4.69, 9.17) is 5.11 Å². The Kier molecular flexibility index (Phi) is 3.92. The van der Waals surface area contributed by atoms with E-state index >= 15 is 0 Å². The van der Waals surface area contributed by atoms with Crippen LogP contribution in [0.4, 0.5) is 4.79 Å². The number of nitrogens with one attached hydrogen (secondary N) is 2. The van der Waals surface area contributed by atoms with Crippen LogP contribution < -0.4 is 10.6 Å². The molecule has 0 radical (unpaired) electrons. The highest BCUT2D eigenvalue weighted by atomic mass is 16.4. The molecule has 0 saturated heterocycles. The number of carboxylic acid groups (broad SMARTS) is 1. The molecule has 0 aromatic carbocycles. The Hall–Kier alpha value is -0.770. The highest BCUT2D eigenvalue weighted by molar-refractivity contribution is 5.64. The summed E-state index contributed by atoms with van der Waals surface area (Å²) >= 11 is 0. The molecule has 1 atom stereocenters. The van der Waals surface area contributed by atoms with Crippen molar-refractivity contribution in [2.24, 2.45) is 11.3 Å². The van der Waals surface area contributed by atoms with Gasteiger partial charge in [-0.15, -0.1) is 0 Å². The largest absolute Gasteiger partial charge is 0.465 e. The molecule has 1 unspecified atom stereocenters. The van der Waals surface area contributed by atoms with E-state index in [0.29, 0.717) is 5.41 Å². The number of likely N-dealkylation sites (N-methyl/N-ethyl adjacent to an activating group) is 1. The maximum Gasteiger partial charge on any atom is 0.404 e. The molecule has 3 saturated carbocycles. The van der Waals surface area contributed by atoms with Crippen LogP contribution in [0, 0.1) is 11.3 Å². The van der Waals surface area contributed by atoms with Crippen LogP contribution in [0.1, 0.15) is 44.9 Å². The third-order valence-electron chi connectivity index (χ3n) is 4.71. The summed E-state index contributed by atoms with van der Waals surface area (Å²) in [6.45, 7) is 0.734. The van der Waals surface area contributed by atoms with Crippen molar-refractivity contribution in [2.45, 2.75) is 51.0 Å². The summed E-state index contributed by atoms with van der Waals surface area (Å²) in [6, 6.07) is 0.0622. The van der Waals surface area contributed by atoms with Crippen LogP contribution in [0.3, 0.4) is 0 Å². The van der Waals surface area contributed by atoms with E-state index in [2.05, 4.69) is 10.6 Å². The summed E-state index contributed by atoms with van der Waals surface area (Å²) in [5.74, 6) is 0.965. The fourth-order valence-corrected chi connectivity index (χ4v) is 3.76. The lowest BCUT2D eigenvalue weighted by Gasteiger charge is -2.48. The van der Waals surface area contributed by atoms with Crippen LogP contribution in [0.25, 0.3) is 0 Å². The third kappa shape index (κ3) is 3.12. The van der Waals surface area contributed by atoms with Gasteiger partial charge in [0.15, 0.2) is 0 Å². The molecule has 3 fully saturated rings. The van der Waals surface area contributed by atoms with Gasteiger partial charge in [0.2, 0.25) is 0 Å². The summed E-state index contributed by atoms with van der Waals surface area (Å²) in [5, 5.41) is 14.6. The standard InChI is InChI=1S/C13H24N2O2/c1-14-9-11(15-12(16)17)8-13-5-2-10(3-6-13)4-7-13/h10-11,14-15H,2-9H2,1H3,(H,16,17). The second-order valence-electron chi connectivity index (χ2n) is 5.89. The molecule has 4 nitrogen and oxygen atoms in total. The van der Waals surface area contributed by atoms with Crippen LogP contribution in [0.5, 0.6) is 0 Å². The highest BCUT2D eigenvalue weighted by Crippen LogP contribution is 2.52. The van der Waals surface area contributed by atoms with E-state index in [0.717, 1.165) is 18.9 Å². The fourth-order valence-electron chi connectivity index (χ4n) is 3.76. The lowest BCUT2D eigenvalue weighted by atomic mass is 9.58. The Morgan fingerprint density at radius 2 is 1.94 bits per heavy atom. The van der Waals surface area contributed by atoms with E-state index in [1.54, 1.807) is 0 Å². The molecule has 0 heterocycles. The first-order valence-corrected chi connectivity index (χ1v) is 6.78. The van der Waals surface area contributed by atoms with Crippen molar-refractivity contribution in [1.29, 1.82) is 0 Å². The summed E-state index contributed by atoms with van der Waals surface area (Å²) in [5.41, 5.74) is 0.429. The van der Waals surface area contributed by atoms with Crippen molar-refractivity contribution in [3.8, 4) is 0 Å². The van der Waals surface area contributed by atoms with Crippen molar-refractivity contribution >= 4 is 6.09 Å². The second-order valence-corrected chi connectivity index (χ2v) is 5.89. The molecule has 3 N–H and O–H groups in total. The zero-order valence-corrected chi connectivity index (χ0v) is 10.7. The Morgan fingerprint density at radius 3 is 2.41 bits per heavy atom. The van der Waals surface area contributed by atoms with Crippen molar-refractivity contribution in [1.82, 2.24) is 10.6 Å². The first-order chi connectivity index (χ1) is 8.13. The number of carbonyl (C=O) groups is 1. The zero-order valence-electron chi connectivity index (χ0n) is 10.7. The molecule has 1 amide bonds. The van der Waals surface area contributed by atoms with Gasteiger partial charge >= 0.3 is 6.09 Å². The van der Waals surface area contributed by atoms with Crippen molar-refractivity contribution in [3.63, 3.8) is 0 Å². The maximum absolute atomic E-state index is 10.8. The number of amides is 1. The zero-order chi connectivity index (χ0) is 12.3. The summed E-state index contributed by atoms with van der Waals surface area (Å²) in [7, 11) is 1.88. The van der Waals surface area contributed by atoms with Gasteiger partial charge in [0.1, 0.15) is 0 Å². The minimum atomic E-state index is -0.897. The molecule has 0 aromatic rings. The molecule has 3 aliphatic rings. The molecule has 2 bridgehead atoms. The summed E-state index contributed by atoms with van der Waals surface area (Å²) in [4.78, 5) is 10.8. The fraction of sp³-hybridized carbons (Fsp3) is 0.923. The number of rotatable bonds is 5. The lowest BCUT2D eigenvalue weighted by Crippen LogP contribution is -2.46. The number of fused-ring (bicyclic) bond motifs is 3. The molecule has 4 heteroatoms. The first-order valence-electron chi connectivity index (χ1n) is 6.78. The summed E-state index contributed by atoms with van der Waals surface area (Å²) in [6.07, 6.45) is 8.11. The van der Waals surface area contributed by atoms with Gasteiger partial charge in [-0.05, 0) is 63.3 Å². The van der Waals surface area contributed by atoms with Gasteiger partial charge in [-0.3, -0.25) is 0 Å². The SMILES string of the molecule is CNCC(CC12CCC(CC1)CC2)NC(=O)O. The van der Waals surface area contributed by atoms with Crippen molar-refractivity contribution in [2.75, 3.05) is 13.6 Å². The Balaban J connectivity index is 1.93. The van der Waals surface area contributed by atoms with Gasteiger partial charge < -0.3 is 15.7 Å². The quantitative estimate of drug-likeness (QED) is 0.690. The van der Waals surface area contributed by atoms with Gasteiger partial charge in [0.05, 0.1) is 0 Å². The number of hydrogen-bond acceptors (Lipinski definition) is 2. The van der Waals surface area contributed by atoms with Crippen LogP contribution in [-0.2, 0) is 0 Å². The maximum atomic E-state index is 10.8. The topological polar surface area (TPSA) is 61.4 Å². The van der Waals surface area contributed by atoms with Crippen LogP contribution >= 0.6 is 0 Å². The molecule has 98 valence electrons. The molecular formula is C13H24N2O2. The predicted octanol–water partition coefficient (Wildman–Crippen LogP) is 2.20. The molecule has 3 rings (SSSR count). The predicted molar refractivity (Wildman–Crippen MR) is 67.1 cm³/mol. The average molecular weight is 240 g/mol. The molecular weight excluding hydrogens is 216 g/mol. The van der Waals surface area contributed by atoms with E-state index in [9.17, 15) is 4.79 Å². The average Bonchev–Trinajstić information content (AvgIpc) is 2.30. The van der Waals surface area contributed by atoms with E-state index in [1.165, 1.54) is 38.5 Å². The monoisotopic (exact) mass is 240 g/mol. The molecule has 0 aliphatic heterocycles. The van der Waals surface area contributed by atoms with Gasteiger partial charge in [-0.25, -0.2) is 4.79 Å². The first kappa shape index (κ1) is 12.7. The van der Waals surface area contributed by atoms with Crippen LogP contribution in [0.15, 0.2) is 0 Å². The minimum absolute atomic E-state index is 0.0622. The second kappa shape index (κ2) is 5.25. The van der Waals surface area contributed by atoms with Crippen LogP contribution in [0.2, 0.25) is 0 Å². The number of hydrogen-bond donors (Lipinski definition) is 3. The van der Waals surface area contributed by atoms with Gasteiger partial charge in [0, 0.05) is 12.6 Å². The van der Waals surface area contributed by atoms with Gasteiger partial charge in [-0.1, -0.05) is 0 Å². The lowest BCUT2D eigenvalue weighted by molar-refractivity contribution is 0.0465.